The zero-order valence-electron chi connectivity index (χ0n) is 15.8. The van der Waals surface area contributed by atoms with E-state index in [2.05, 4.69) is 0 Å². The van der Waals surface area contributed by atoms with E-state index in [0.29, 0.717) is 18.0 Å². The molecule has 5 nitrogen and oxygen atoms in total. The molecule has 28 heavy (non-hydrogen) atoms. The predicted molar refractivity (Wildman–Crippen MR) is 107 cm³/mol. The maximum atomic E-state index is 13.5. The molecule has 1 fully saturated rings. The van der Waals surface area contributed by atoms with Crippen LogP contribution in [-0.2, 0) is 16.1 Å². The molecule has 0 saturated heterocycles. The van der Waals surface area contributed by atoms with Crippen LogP contribution in [0.5, 0.6) is 0 Å². The lowest BCUT2D eigenvalue weighted by Crippen LogP contribution is -2.36. The summed E-state index contributed by atoms with van der Waals surface area (Å²) < 4.78 is 4.82. The van der Waals surface area contributed by atoms with Crippen molar-refractivity contribution in [2.24, 2.45) is 0 Å². The van der Waals surface area contributed by atoms with Crippen LogP contribution in [0, 0.1) is 0 Å². The number of esters is 1. The average Bonchev–Trinajstić information content (AvgIpc) is 3.58. The first kappa shape index (κ1) is 18.2. The highest BCUT2D eigenvalue weighted by Crippen LogP contribution is 2.40. The molecule has 0 atom stereocenters. The zero-order valence-corrected chi connectivity index (χ0v) is 15.8. The molecule has 0 unspecified atom stereocenters. The summed E-state index contributed by atoms with van der Waals surface area (Å²) in [6, 6.07) is 19.2. The van der Waals surface area contributed by atoms with E-state index < -0.39 is 5.97 Å². The molecule has 0 N–H and O–H groups in total. The highest BCUT2D eigenvalue weighted by atomic mass is 16.5. The lowest BCUT2D eigenvalue weighted by molar-refractivity contribution is -0.141. The van der Waals surface area contributed by atoms with E-state index >= 15 is 0 Å². The monoisotopic (exact) mass is 374 g/mol. The van der Waals surface area contributed by atoms with Gasteiger partial charge in [0.05, 0.1) is 18.2 Å². The highest BCUT2D eigenvalue weighted by Gasteiger charge is 2.28. The molecule has 0 bridgehead atoms. The molecule has 142 valence electrons. The summed E-state index contributed by atoms with van der Waals surface area (Å²) in [5, 5.41) is 0.805. The minimum atomic E-state index is -0.440. The van der Waals surface area contributed by atoms with Gasteiger partial charge in [0.15, 0.2) is 0 Å². The average molecular weight is 374 g/mol. The van der Waals surface area contributed by atoms with Gasteiger partial charge in [-0.25, -0.2) is 0 Å². The Labute approximate surface area is 163 Å². The number of hydrogen-bond donors (Lipinski definition) is 0. The third-order valence-electron chi connectivity index (χ3n) is 5.01. The minimum absolute atomic E-state index is 0.0976. The molecular formula is C23H22N2O3. The molecule has 1 heterocycles. The molecule has 4 rings (SSSR count). The largest absolute Gasteiger partial charge is 0.468 e. The van der Waals surface area contributed by atoms with Gasteiger partial charge in [-0.15, -0.1) is 0 Å². The van der Waals surface area contributed by atoms with Gasteiger partial charge >= 0.3 is 5.97 Å². The van der Waals surface area contributed by atoms with Crippen molar-refractivity contribution >= 4 is 22.8 Å². The van der Waals surface area contributed by atoms with Crippen LogP contribution in [0.1, 0.15) is 40.4 Å². The lowest BCUT2D eigenvalue weighted by atomic mass is 10.0. The summed E-state index contributed by atoms with van der Waals surface area (Å²) >= 11 is 0. The number of para-hydroxylation sites is 1. The van der Waals surface area contributed by atoms with E-state index in [0.717, 1.165) is 35.0 Å². The van der Waals surface area contributed by atoms with Crippen molar-refractivity contribution in [2.45, 2.75) is 25.3 Å². The van der Waals surface area contributed by atoms with Crippen LogP contribution in [-0.4, -0.2) is 35.4 Å². The van der Waals surface area contributed by atoms with Crippen LogP contribution in [0.4, 0.5) is 0 Å². The van der Waals surface area contributed by atoms with Crippen molar-refractivity contribution in [3.63, 3.8) is 0 Å². The number of amides is 1. The number of carbonyl (C=O) groups excluding carboxylic acids is 2. The lowest BCUT2D eigenvalue weighted by Gasteiger charge is -2.23. The molecule has 0 aliphatic heterocycles. The molecule has 2 aromatic carbocycles. The fourth-order valence-corrected chi connectivity index (χ4v) is 3.36. The van der Waals surface area contributed by atoms with Gasteiger partial charge in [-0.2, -0.15) is 0 Å². The number of pyridine rings is 1. The maximum absolute atomic E-state index is 13.5. The predicted octanol–water partition coefficient (Wildman–Crippen LogP) is 3.93. The second kappa shape index (κ2) is 7.80. The van der Waals surface area contributed by atoms with Gasteiger partial charge in [0, 0.05) is 23.5 Å². The quantitative estimate of drug-likeness (QED) is 0.614. The number of fused-ring (bicyclic) bond motifs is 1. The Hall–Kier alpha value is -3.21. The molecule has 1 saturated carbocycles. The fourth-order valence-electron chi connectivity index (χ4n) is 3.36. The van der Waals surface area contributed by atoms with E-state index in [1.807, 2.05) is 60.7 Å². The van der Waals surface area contributed by atoms with E-state index in [4.69, 9.17) is 9.72 Å². The molecule has 1 aliphatic rings. The number of methoxy groups -OCH3 is 1. The van der Waals surface area contributed by atoms with Crippen molar-refractivity contribution in [1.82, 2.24) is 9.88 Å². The number of benzene rings is 2. The molecule has 0 radical (unpaired) electrons. The Morgan fingerprint density at radius 3 is 2.50 bits per heavy atom. The molecule has 1 aromatic heterocycles. The third kappa shape index (κ3) is 3.88. The van der Waals surface area contributed by atoms with Gasteiger partial charge in [-0.05, 0) is 30.5 Å². The van der Waals surface area contributed by atoms with Crippen LogP contribution in [0.2, 0.25) is 0 Å². The van der Waals surface area contributed by atoms with Crippen molar-refractivity contribution in [3.05, 3.63) is 77.5 Å². The second-order valence-electron chi connectivity index (χ2n) is 7.11. The summed E-state index contributed by atoms with van der Waals surface area (Å²) in [5.74, 6) is -0.195. The molecular weight excluding hydrogens is 352 g/mol. The van der Waals surface area contributed by atoms with E-state index in [-0.39, 0.29) is 12.5 Å². The second-order valence-corrected chi connectivity index (χ2v) is 7.11. The molecule has 1 aliphatic carbocycles. The number of nitrogens with zero attached hydrogens (tertiary/aromatic N) is 2. The number of rotatable bonds is 6. The zero-order chi connectivity index (χ0) is 19.5. The Morgan fingerprint density at radius 1 is 1.07 bits per heavy atom. The first-order chi connectivity index (χ1) is 13.7. The Kier molecular flexibility index (Phi) is 5.06. The van der Waals surface area contributed by atoms with Gasteiger partial charge in [-0.3, -0.25) is 14.6 Å². The first-order valence-electron chi connectivity index (χ1n) is 9.45. The van der Waals surface area contributed by atoms with E-state index in [1.54, 1.807) is 4.90 Å². The van der Waals surface area contributed by atoms with E-state index in [1.165, 1.54) is 7.11 Å². The van der Waals surface area contributed by atoms with Crippen molar-refractivity contribution in [3.8, 4) is 0 Å². The molecule has 3 aromatic rings. The topological polar surface area (TPSA) is 59.5 Å². The van der Waals surface area contributed by atoms with Crippen LogP contribution in [0.25, 0.3) is 10.9 Å². The van der Waals surface area contributed by atoms with Crippen LogP contribution >= 0.6 is 0 Å². The Balaban J connectivity index is 1.74. The maximum Gasteiger partial charge on any atom is 0.325 e. The SMILES string of the molecule is COC(=O)CN(Cc1ccccc1)C(=O)c1cc(C2CC2)nc2ccccc12. The number of aromatic nitrogens is 1. The smallest absolute Gasteiger partial charge is 0.325 e. The number of carbonyl (C=O) groups is 2. The molecule has 5 heteroatoms. The van der Waals surface area contributed by atoms with Gasteiger partial charge < -0.3 is 9.64 Å². The van der Waals surface area contributed by atoms with Crippen LogP contribution in [0.15, 0.2) is 60.7 Å². The summed E-state index contributed by atoms with van der Waals surface area (Å²) in [6.07, 6.45) is 2.21. The Bertz CT molecular complexity index is 1010. The fraction of sp³-hybridized carbons (Fsp3) is 0.261. The van der Waals surface area contributed by atoms with Gasteiger partial charge in [0.2, 0.25) is 0 Å². The molecule has 1 amide bonds. The number of ether oxygens (including phenoxy) is 1. The highest BCUT2D eigenvalue weighted by molar-refractivity contribution is 6.07. The number of hydrogen-bond acceptors (Lipinski definition) is 4. The first-order valence-corrected chi connectivity index (χ1v) is 9.45. The van der Waals surface area contributed by atoms with Crippen LogP contribution in [0.3, 0.4) is 0 Å². The summed E-state index contributed by atoms with van der Waals surface area (Å²) in [6.45, 7) is 0.240. The summed E-state index contributed by atoms with van der Waals surface area (Å²) in [7, 11) is 1.33. The summed E-state index contributed by atoms with van der Waals surface area (Å²) in [4.78, 5) is 31.7. The summed E-state index contributed by atoms with van der Waals surface area (Å²) in [5.41, 5.74) is 3.32. The van der Waals surface area contributed by atoms with Crippen molar-refractivity contribution in [2.75, 3.05) is 13.7 Å². The van der Waals surface area contributed by atoms with Gasteiger partial charge in [0.25, 0.3) is 5.91 Å². The molecule has 0 spiro atoms. The standard InChI is InChI=1S/C23H22N2O3/c1-28-22(26)15-25(14-16-7-3-2-4-8-16)23(27)19-13-21(17-11-12-17)24-20-10-6-5-9-18(19)20/h2-10,13,17H,11-12,14-15H2,1H3. The normalized spacial score (nSPS) is 13.3. The minimum Gasteiger partial charge on any atom is -0.468 e. The van der Waals surface area contributed by atoms with Crippen molar-refractivity contribution in [1.29, 1.82) is 0 Å². The third-order valence-corrected chi connectivity index (χ3v) is 5.01. The van der Waals surface area contributed by atoms with Gasteiger partial charge in [0.1, 0.15) is 6.54 Å². The Morgan fingerprint density at radius 2 is 1.79 bits per heavy atom. The van der Waals surface area contributed by atoms with Gasteiger partial charge in [-0.1, -0.05) is 48.5 Å². The van der Waals surface area contributed by atoms with Crippen LogP contribution < -0.4 is 0 Å². The van der Waals surface area contributed by atoms with Crippen molar-refractivity contribution < 1.29 is 14.3 Å². The van der Waals surface area contributed by atoms with E-state index in [9.17, 15) is 9.59 Å².